The summed E-state index contributed by atoms with van der Waals surface area (Å²) in [6, 6.07) is 1.68. The van der Waals surface area contributed by atoms with Crippen molar-refractivity contribution in [2.24, 2.45) is 17.3 Å². The Hall–Kier alpha value is 0.310. The zero-order chi connectivity index (χ0) is 11.2. The Morgan fingerprint density at radius 2 is 1.75 bits per heavy atom. The molecule has 1 unspecified atom stereocenters. The lowest BCUT2D eigenvalue weighted by Crippen LogP contribution is -2.47. The molecule has 2 aliphatic carbocycles. The fraction of sp³-hybridized carbons (Fsp3) is 1.00. The van der Waals surface area contributed by atoms with Gasteiger partial charge in [-0.3, -0.25) is 0 Å². The maximum atomic E-state index is 4.01. The Morgan fingerprint density at radius 3 is 2.25 bits per heavy atom. The van der Waals surface area contributed by atoms with Gasteiger partial charge >= 0.3 is 0 Å². The molecule has 3 fully saturated rings. The molecule has 1 heterocycles. The molecule has 0 radical (unpaired) electrons. The van der Waals surface area contributed by atoms with Gasteiger partial charge in [0.25, 0.3) is 0 Å². The lowest BCUT2D eigenvalue weighted by atomic mass is 9.87. The molecule has 16 heavy (non-hydrogen) atoms. The minimum absolute atomic E-state index is 0.554. The van der Waals surface area contributed by atoms with Gasteiger partial charge < -0.3 is 5.32 Å². The smallest absolute Gasteiger partial charge is 0.0166 e. The standard InChI is InChI=1S/C14H25NS/c1-14(2)7-12(8-16-9-14)15-13(10-3-4-10)11-5-6-11/h10-13,15H,3-9H2,1-2H3. The van der Waals surface area contributed by atoms with Crippen molar-refractivity contribution in [1.29, 1.82) is 0 Å². The molecular weight excluding hydrogens is 214 g/mol. The molecule has 1 atom stereocenters. The van der Waals surface area contributed by atoms with Crippen molar-refractivity contribution in [3.63, 3.8) is 0 Å². The predicted octanol–water partition coefficient (Wildman–Crippen LogP) is 3.30. The van der Waals surface area contributed by atoms with E-state index in [0.29, 0.717) is 5.41 Å². The molecule has 0 aromatic rings. The molecule has 92 valence electrons. The van der Waals surface area contributed by atoms with Crippen molar-refractivity contribution in [2.45, 2.75) is 58.0 Å². The van der Waals surface area contributed by atoms with E-state index in [1.807, 2.05) is 0 Å². The monoisotopic (exact) mass is 239 g/mol. The van der Waals surface area contributed by atoms with E-state index in [1.165, 1.54) is 43.6 Å². The summed E-state index contributed by atoms with van der Waals surface area (Å²) in [5, 5.41) is 4.01. The van der Waals surface area contributed by atoms with Crippen molar-refractivity contribution in [3.05, 3.63) is 0 Å². The average molecular weight is 239 g/mol. The van der Waals surface area contributed by atoms with Crippen LogP contribution in [-0.2, 0) is 0 Å². The molecule has 1 saturated heterocycles. The van der Waals surface area contributed by atoms with Gasteiger partial charge in [0.05, 0.1) is 0 Å². The molecule has 2 heteroatoms. The number of thioether (sulfide) groups is 1. The highest BCUT2D eigenvalue weighted by atomic mass is 32.2. The highest BCUT2D eigenvalue weighted by Crippen LogP contribution is 2.45. The molecule has 0 amide bonds. The summed E-state index contributed by atoms with van der Waals surface area (Å²) in [6.07, 6.45) is 7.37. The van der Waals surface area contributed by atoms with E-state index in [1.54, 1.807) is 0 Å². The molecule has 3 rings (SSSR count). The zero-order valence-electron chi connectivity index (χ0n) is 10.7. The van der Waals surface area contributed by atoms with Crippen LogP contribution in [0.1, 0.15) is 46.0 Å². The van der Waals surface area contributed by atoms with Gasteiger partial charge in [-0.15, -0.1) is 0 Å². The third-order valence-corrected chi connectivity index (χ3v) is 5.92. The summed E-state index contributed by atoms with van der Waals surface area (Å²) in [5.74, 6) is 4.78. The second kappa shape index (κ2) is 4.20. The molecular formula is C14H25NS. The molecule has 0 aromatic heterocycles. The Balaban J connectivity index is 1.55. The van der Waals surface area contributed by atoms with E-state index in [4.69, 9.17) is 0 Å². The highest BCUT2D eigenvalue weighted by Gasteiger charge is 2.43. The molecule has 1 aliphatic heterocycles. The fourth-order valence-electron chi connectivity index (χ4n) is 3.21. The summed E-state index contributed by atoms with van der Waals surface area (Å²) in [6.45, 7) is 4.86. The largest absolute Gasteiger partial charge is 0.310 e. The number of hydrogen-bond acceptors (Lipinski definition) is 2. The molecule has 2 saturated carbocycles. The van der Waals surface area contributed by atoms with Crippen LogP contribution in [0.4, 0.5) is 0 Å². The van der Waals surface area contributed by atoms with Gasteiger partial charge in [-0.25, -0.2) is 0 Å². The van der Waals surface area contributed by atoms with Crippen LogP contribution in [0.15, 0.2) is 0 Å². The number of nitrogens with one attached hydrogen (secondary N) is 1. The van der Waals surface area contributed by atoms with E-state index in [2.05, 4.69) is 30.9 Å². The predicted molar refractivity (Wildman–Crippen MR) is 71.9 cm³/mol. The SMILES string of the molecule is CC1(C)CSCC(NC(C2CC2)C2CC2)C1. The summed E-state index contributed by atoms with van der Waals surface area (Å²) in [4.78, 5) is 0. The first-order valence-corrected chi connectivity index (χ1v) is 8.13. The maximum absolute atomic E-state index is 4.01. The third kappa shape index (κ3) is 2.76. The first-order chi connectivity index (χ1) is 7.64. The van der Waals surface area contributed by atoms with Gasteiger partial charge in [-0.05, 0) is 55.1 Å². The first-order valence-electron chi connectivity index (χ1n) is 6.98. The normalized spacial score (nSPS) is 34.3. The fourth-order valence-corrected chi connectivity index (χ4v) is 4.50. The molecule has 1 N–H and O–H groups in total. The Morgan fingerprint density at radius 1 is 1.12 bits per heavy atom. The van der Waals surface area contributed by atoms with Crippen LogP contribution in [-0.4, -0.2) is 23.6 Å². The van der Waals surface area contributed by atoms with Crippen molar-refractivity contribution >= 4 is 11.8 Å². The van der Waals surface area contributed by atoms with Gasteiger partial charge in [0.15, 0.2) is 0 Å². The van der Waals surface area contributed by atoms with Crippen molar-refractivity contribution in [3.8, 4) is 0 Å². The van der Waals surface area contributed by atoms with Gasteiger partial charge in [0, 0.05) is 17.8 Å². The van der Waals surface area contributed by atoms with E-state index in [-0.39, 0.29) is 0 Å². The molecule has 0 bridgehead atoms. The van der Waals surface area contributed by atoms with Gasteiger partial charge in [-0.2, -0.15) is 11.8 Å². The van der Waals surface area contributed by atoms with Crippen LogP contribution in [0.3, 0.4) is 0 Å². The number of hydrogen-bond donors (Lipinski definition) is 1. The minimum atomic E-state index is 0.554. The molecule has 0 spiro atoms. The van der Waals surface area contributed by atoms with E-state index < -0.39 is 0 Å². The third-order valence-electron chi connectivity index (χ3n) is 4.30. The van der Waals surface area contributed by atoms with Crippen LogP contribution < -0.4 is 5.32 Å². The number of rotatable bonds is 4. The van der Waals surface area contributed by atoms with E-state index in [0.717, 1.165) is 23.9 Å². The Labute approximate surface area is 104 Å². The first kappa shape index (κ1) is 11.4. The summed E-state index contributed by atoms with van der Waals surface area (Å²) in [7, 11) is 0. The van der Waals surface area contributed by atoms with Crippen LogP contribution in [0, 0.1) is 17.3 Å². The van der Waals surface area contributed by atoms with Crippen LogP contribution in [0.25, 0.3) is 0 Å². The Bertz CT molecular complexity index is 243. The van der Waals surface area contributed by atoms with Crippen molar-refractivity contribution < 1.29 is 0 Å². The topological polar surface area (TPSA) is 12.0 Å². The quantitative estimate of drug-likeness (QED) is 0.808. The minimum Gasteiger partial charge on any atom is -0.310 e. The van der Waals surface area contributed by atoms with E-state index in [9.17, 15) is 0 Å². The lowest BCUT2D eigenvalue weighted by Gasteiger charge is -2.37. The van der Waals surface area contributed by atoms with Crippen LogP contribution >= 0.6 is 11.8 Å². The second-order valence-electron chi connectivity index (χ2n) is 6.95. The average Bonchev–Trinajstić information content (AvgIpc) is 3.06. The van der Waals surface area contributed by atoms with Crippen LogP contribution in [0.2, 0.25) is 0 Å². The zero-order valence-corrected chi connectivity index (χ0v) is 11.5. The molecule has 0 aromatic carbocycles. The molecule has 3 aliphatic rings. The van der Waals surface area contributed by atoms with Gasteiger partial charge in [0.2, 0.25) is 0 Å². The maximum Gasteiger partial charge on any atom is 0.0166 e. The highest BCUT2D eigenvalue weighted by molar-refractivity contribution is 7.99. The summed E-state index contributed by atoms with van der Waals surface area (Å²) in [5.41, 5.74) is 0.554. The second-order valence-corrected chi connectivity index (χ2v) is 7.98. The van der Waals surface area contributed by atoms with E-state index >= 15 is 0 Å². The van der Waals surface area contributed by atoms with Crippen LogP contribution in [0.5, 0.6) is 0 Å². The van der Waals surface area contributed by atoms with Crippen molar-refractivity contribution in [1.82, 2.24) is 5.32 Å². The summed E-state index contributed by atoms with van der Waals surface area (Å²) >= 11 is 2.15. The lowest BCUT2D eigenvalue weighted by molar-refractivity contribution is 0.280. The summed E-state index contributed by atoms with van der Waals surface area (Å²) < 4.78 is 0. The van der Waals surface area contributed by atoms with Crippen molar-refractivity contribution in [2.75, 3.05) is 11.5 Å². The molecule has 1 nitrogen and oxygen atoms in total. The Kier molecular flexibility index (Phi) is 3.00. The van der Waals surface area contributed by atoms with Gasteiger partial charge in [-0.1, -0.05) is 13.8 Å². The van der Waals surface area contributed by atoms with Gasteiger partial charge in [0.1, 0.15) is 0 Å².